The molecule has 4 aromatic rings. The standard InChI is InChI=1S/C20H15ClFN3O3S2/c1-12-3-8-15(11-16(12)22)25(2)30(26,27)17-9-10-29-18(17)20-23-19(24-28-20)13-4-6-14(21)7-5-13/h3-11H,1-2H3. The molecule has 154 valence electrons. The predicted molar refractivity (Wildman–Crippen MR) is 115 cm³/mol. The maximum absolute atomic E-state index is 13.9. The fourth-order valence-corrected chi connectivity index (χ4v) is 5.38. The van der Waals surface area contributed by atoms with Crippen molar-refractivity contribution >= 4 is 38.6 Å². The quantitative estimate of drug-likeness (QED) is 0.396. The van der Waals surface area contributed by atoms with Crippen molar-refractivity contribution in [3.8, 4) is 22.2 Å². The Kier molecular flexibility index (Phi) is 5.35. The molecule has 2 aromatic carbocycles. The lowest BCUT2D eigenvalue weighted by atomic mass is 10.2. The zero-order valence-electron chi connectivity index (χ0n) is 15.8. The SMILES string of the molecule is Cc1ccc(N(C)S(=O)(=O)c2ccsc2-c2nc(-c3ccc(Cl)cc3)no2)cc1F. The summed E-state index contributed by atoms with van der Waals surface area (Å²) < 4.78 is 46.7. The first-order chi connectivity index (χ1) is 14.3. The van der Waals surface area contributed by atoms with E-state index in [1.165, 1.54) is 25.2 Å². The summed E-state index contributed by atoms with van der Waals surface area (Å²) in [5.41, 5.74) is 1.33. The van der Waals surface area contributed by atoms with Crippen LogP contribution in [-0.4, -0.2) is 25.6 Å². The highest BCUT2D eigenvalue weighted by Crippen LogP contribution is 2.35. The second-order valence-corrected chi connectivity index (χ2v) is 9.74. The fourth-order valence-electron chi connectivity index (χ4n) is 2.75. The van der Waals surface area contributed by atoms with Gasteiger partial charge in [-0.2, -0.15) is 4.98 Å². The van der Waals surface area contributed by atoms with Gasteiger partial charge >= 0.3 is 0 Å². The summed E-state index contributed by atoms with van der Waals surface area (Å²) in [5, 5.41) is 6.14. The molecule has 2 aromatic heterocycles. The first-order valence-corrected chi connectivity index (χ1v) is 11.4. The Labute approximate surface area is 181 Å². The molecular formula is C20H15ClFN3O3S2. The number of anilines is 1. The average molecular weight is 464 g/mol. The number of aryl methyl sites for hydroxylation is 1. The lowest BCUT2D eigenvalue weighted by Gasteiger charge is -2.19. The van der Waals surface area contributed by atoms with E-state index in [9.17, 15) is 12.8 Å². The van der Waals surface area contributed by atoms with E-state index in [4.69, 9.17) is 16.1 Å². The van der Waals surface area contributed by atoms with Gasteiger partial charge in [-0.05, 0) is 60.3 Å². The van der Waals surface area contributed by atoms with E-state index in [1.807, 2.05) is 0 Å². The molecule has 0 atom stereocenters. The van der Waals surface area contributed by atoms with Gasteiger partial charge in [-0.15, -0.1) is 11.3 Å². The van der Waals surface area contributed by atoms with Crippen molar-refractivity contribution in [2.45, 2.75) is 11.8 Å². The van der Waals surface area contributed by atoms with Gasteiger partial charge in [-0.25, -0.2) is 12.8 Å². The fraction of sp³-hybridized carbons (Fsp3) is 0.100. The van der Waals surface area contributed by atoms with Crippen molar-refractivity contribution in [3.63, 3.8) is 0 Å². The first kappa shape index (κ1) is 20.5. The number of halogens is 2. The highest BCUT2D eigenvalue weighted by molar-refractivity contribution is 7.93. The number of aromatic nitrogens is 2. The molecule has 0 N–H and O–H groups in total. The number of hydrogen-bond acceptors (Lipinski definition) is 6. The average Bonchev–Trinajstić information content (AvgIpc) is 3.39. The van der Waals surface area contributed by atoms with Gasteiger partial charge in [0.05, 0.1) is 5.69 Å². The molecule has 0 spiro atoms. The van der Waals surface area contributed by atoms with Gasteiger partial charge in [0, 0.05) is 17.6 Å². The number of rotatable bonds is 5. The minimum atomic E-state index is -3.99. The molecule has 0 aliphatic heterocycles. The summed E-state index contributed by atoms with van der Waals surface area (Å²) >= 11 is 7.06. The van der Waals surface area contributed by atoms with Crippen LogP contribution in [0, 0.1) is 12.7 Å². The van der Waals surface area contributed by atoms with Crippen LogP contribution in [0.15, 0.2) is 63.3 Å². The van der Waals surface area contributed by atoms with Crippen LogP contribution in [0.2, 0.25) is 5.02 Å². The summed E-state index contributed by atoms with van der Waals surface area (Å²) in [6.07, 6.45) is 0. The van der Waals surface area contributed by atoms with E-state index in [1.54, 1.807) is 42.6 Å². The van der Waals surface area contributed by atoms with Crippen LogP contribution in [0.25, 0.3) is 22.2 Å². The van der Waals surface area contributed by atoms with E-state index >= 15 is 0 Å². The van der Waals surface area contributed by atoms with E-state index in [2.05, 4.69) is 10.1 Å². The largest absolute Gasteiger partial charge is 0.333 e. The third-order valence-electron chi connectivity index (χ3n) is 4.51. The van der Waals surface area contributed by atoms with Crippen LogP contribution in [0.4, 0.5) is 10.1 Å². The van der Waals surface area contributed by atoms with E-state index < -0.39 is 15.8 Å². The van der Waals surface area contributed by atoms with Crippen LogP contribution >= 0.6 is 22.9 Å². The molecule has 30 heavy (non-hydrogen) atoms. The predicted octanol–water partition coefficient (Wildman–Crippen LogP) is 5.39. The van der Waals surface area contributed by atoms with Crippen LogP contribution < -0.4 is 4.31 Å². The van der Waals surface area contributed by atoms with Crippen molar-refractivity contribution in [2.24, 2.45) is 0 Å². The summed E-state index contributed by atoms with van der Waals surface area (Å²) in [7, 11) is -2.62. The molecule has 0 aliphatic rings. The molecule has 0 aliphatic carbocycles. The van der Waals surface area contributed by atoms with Crippen molar-refractivity contribution in [3.05, 3.63) is 70.3 Å². The summed E-state index contributed by atoms with van der Waals surface area (Å²) in [6.45, 7) is 1.61. The van der Waals surface area contributed by atoms with Gasteiger partial charge in [0.25, 0.3) is 15.9 Å². The van der Waals surface area contributed by atoms with E-state index in [-0.39, 0.29) is 16.5 Å². The molecule has 4 rings (SSSR count). The second kappa shape index (κ2) is 7.82. The van der Waals surface area contributed by atoms with Crippen LogP contribution in [-0.2, 0) is 10.0 Å². The normalized spacial score (nSPS) is 11.6. The number of nitrogens with zero attached hydrogens (tertiary/aromatic N) is 3. The number of thiophene rings is 1. The third-order valence-corrected chi connectivity index (χ3v) is 7.62. The third kappa shape index (κ3) is 3.71. The maximum Gasteiger partial charge on any atom is 0.269 e. The Balaban J connectivity index is 1.70. The maximum atomic E-state index is 13.9. The monoisotopic (exact) mass is 463 g/mol. The zero-order chi connectivity index (χ0) is 21.5. The van der Waals surface area contributed by atoms with Gasteiger partial charge in [-0.3, -0.25) is 4.31 Å². The Morgan fingerprint density at radius 3 is 2.57 bits per heavy atom. The minimum absolute atomic E-state index is 0.00212. The van der Waals surface area contributed by atoms with Gasteiger partial charge in [0.1, 0.15) is 15.6 Å². The molecule has 0 bridgehead atoms. The van der Waals surface area contributed by atoms with Crippen molar-refractivity contribution in [1.82, 2.24) is 10.1 Å². The molecule has 6 nitrogen and oxygen atoms in total. The molecule has 0 amide bonds. The Bertz CT molecular complexity index is 1320. The lowest BCUT2D eigenvalue weighted by molar-refractivity contribution is 0.432. The van der Waals surface area contributed by atoms with Crippen LogP contribution in [0.1, 0.15) is 5.56 Å². The molecule has 0 fully saturated rings. The highest BCUT2D eigenvalue weighted by atomic mass is 35.5. The highest BCUT2D eigenvalue weighted by Gasteiger charge is 2.29. The summed E-state index contributed by atoms with van der Waals surface area (Å²) in [5.74, 6) is -0.0889. The molecule has 0 unspecified atom stereocenters. The topological polar surface area (TPSA) is 76.3 Å². The lowest BCUT2D eigenvalue weighted by Crippen LogP contribution is -2.26. The number of hydrogen-bond donors (Lipinski definition) is 0. The van der Waals surface area contributed by atoms with Crippen molar-refractivity contribution in [2.75, 3.05) is 11.4 Å². The molecule has 0 radical (unpaired) electrons. The van der Waals surface area contributed by atoms with Gasteiger partial charge in [0.15, 0.2) is 0 Å². The molecule has 0 saturated heterocycles. The van der Waals surface area contributed by atoms with E-state index in [0.717, 1.165) is 15.6 Å². The van der Waals surface area contributed by atoms with Crippen LogP contribution in [0.3, 0.4) is 0 Å². The number of benzene rings is 2. The van der Waals surface area contributed by atoms with E-state index in [0.29, 0.717) is 26.9 Å². The first-order valence-electron chi connectivity index (χ1n) is 8.70. The number of sulfonamides is 1. The van der Waals surface area contributed by atoms with Crippen molar-refractivity contribution < 1.29 is 17.3 Å². The Hall–Kier alpha value is -2.75. The van der Waals surface area contributed by atoms with Gasteiger partial charge in [0.2, 0.25) is 5.82 Å². The minimum Gasteiger partial charge on any atom is -0.333 e. The molecular weight excluding hydrogens is 449 g/mol. The Morgan fingerprint density at radius 2 is 1.87 bits per heavy atom. The second-order valence-electron chi connectivity index (χ2n) is 6.45. The molecule has 0 saturated carbocycles. The molecule has 10 heteroatoms. The van der Waals surface area contributed by atoms with Crippen molar-refractivity contribution in [1.29, 1.82) is 0 Å². The zero-order valence-corrected chi connectivity index (χ0v) is 18.2. The molecule has 2 heterocycles. The van der Waals surface area contributed by atoms with Crippen LogP contribution in [0.5, 0.6) is 0 Å². The van der Waals surface area contributed by atoms with Gasteiger partial charge in [-0.1, -0.05) is 22.8 Å². The summed E-state index contributed by atoms with van der Waals surface area (Å²) in [6, 6.07) is 12.6. The summed E-state index contributed by atoms with van der Waals surface area (Å²) in [4.78, 5) is 4.64. The Morgan fingerprint density at radius 1 is 1.13 bits per heavy atom. The smallest absolute Gasteiger partial charge is 0.269 e. The van der Waals surface area contributed by atoms with Gasteiger partial charge < -0.3 is 4.52 Å².